The molecule has 5 rings (SSSR count). The number of methoxy groups -OCH3 is 1. The number of halogens is 1. The van der Waals surface area contributed by atoms with Crippen LogP contribution in [-0.4, -0.2) is 74.7 Å². The molecule has 2 saturated heterocycles. The monoisotopic (exact) mass is 496 g/mol. The molecule has 2 aromatic carbocycles. The Balaban J connectivity index is 1.30. The molecular formula is C28H37ClN4O2. The smallest absolute Gasteiger partial charge is 0.225 e. The van der Waals surface area contributed by atoms with E-state index in [1.165, 1.54) is 36.1 Å². The van der Waals surface area contributed by atoms with Crippen molar-refractivity contribution in [1.29, 1.82) is 0 Å². The van der Waals surface area contributed by atoms with Crippen molar-refractivity contribution in [3.63, 3.8) is 0 Å². The number of nitrogens with zero attached hydrogens (tertiary/aromatic N) is 3. The van der Waals surface area contributed by atoms with Crippen LogP contribution in [0.3, 0.4) is 0 Å². The van der Waals surface area contributed by atoms with E-state index in [0.717, 1.165) is 69.6 Å². The normalized spacial score (nSPS) is 22.9. The zero-order valence-electron chi connectivity index (χ0n) is 20.7. The molecule has 0 spiro atoms. The summed E-state index contributed by atoms with van der Waals surface area (Å²) in [5.74, 6) is 0.993. The minimum Gasteiger partial charge on any atom is -0.497 e. The zero-order chi connectivity index (χ0) is 24.2. The van der Waals surface area contributed by atoms with E-state index in [-0.39, 0.29) is 17.9 Å². The zero-order valence-corrected chi connectivity index (χ0v) is 21.5. The number of hydrogen-bond donors (Lipinski definition) is 1. The van der Waals surface area contributed by atoms with Gasteiger partial charge in [0.05, 0.1) is 19.1 Å². The average Bonchev–Trinajstić information content (AvgIpc) is 2.89. The number of likely N-dealkylation sites (tertiary alicyclic amines) is 1. The van der Waals surface area contributed by atoms with Gasteiger partial charge >= 0.3 is 0 Å². The average molecular weight is 497 g/mol. The lowest BCUT2D eigenvalue weighted by molar-refractivity contribution is -0.126. The maximum atomic E-state index is 13.5. The molecule has 3 aliphatic heterocycles. The Labute approximate surface area is 214 Å². The van der Waals surface area contributed by atoms with Crippen molar-refractivity contribution in [3.05, 3.63) is 58.6 Å². The van der Waals surface area contributed by atoms with Gasteiger partial charge in [-0.2, -0.15) is 0 Å². The maximum Gasteiger partial charge on any atom is 0.225 e. The van der Waals surface area contributed by atoms with Crippen molar-refractivity contribution in [2.45, 2.75) is 38.3 Å². The Morgan fingerprint density at radius 3 is 2.60 bits per heavy atom. The fraction of sp³-hybridized carbons (Fsp3) is 0.536. The first-order valence-electron chi connectivity index (χ1n) is 13.0. The molecule has 3 aliphatic rings. The van der Waals surface area contributed by atoms with Gasteiger partial charge < -0.3 is 19.9 Å². The Morgan fingerprint density at radius 2 is 1.83 bits per heavy atom. The van der Waals surface area contributed by atoms with E-state index in [4.69, 9.17) is 16.3 Å². The SMILES string of the molecule is COc1ccc2c(c1)N1CCN(Cc3ccc(Cl)cc3)C[C@@H]1[C@@H](C(=O)NCCN1CCCCC1)C2. The largest absolute Gasteiger partial charge is 0.497 e. The molecule has 35 heavy (non-hydrogen) atoms. The molecule has 3 heterocycles. The molecule has 0 saturated carbocycles. The summed E-state index contributed by atoms with van der Waals surface area (Å²) in [6, 6.07) is 14.5. The number of fused-ring (bicyclic) bond motifs is 3. The Bertz CT molecular complexity index is 1010. The number of piperidine rings is 1. The predicted molar refractivity (Wildman–Crippen MR) is 141 cm³/mol. The fourth-order valence-electron chi connectivity index (χ4n) is 5.91. The van der Waals surface area contributed by atoms with Crippen LogP contribution < -0.4 is 15.0 Å². The lowest BCUT2D eigenvalue weighted by Gasteiger charge is -2.49. The second kappa shape index (κ2) is 11.2. The van der Waals surface area contributed by atoms with Crippen molar-refractivity contribution in [2.75, 3.05) is 57.8 Å². The summed E-state index contributed by atoms with van der Waals surface area (Å²) in [6.07, 6.45) is 4.65. The van der Waals surface area contributed by atoms with E-state index in [9.17, 15) is 4.79 Å². The van der Waals surface area contributed by atoms with Gasteiger partial charge in [0.2, 0.25) is 5.91 Å². The summed E-state index contributed by atoms with van der Waals surface area (Å²) in [5, 5.41) is 4.05. The van der Waals surface area contributed by atoms with E-state index in [0.29, 0.717) is 0 Å². The lowest BCUT2D eigenvalue weighted by atomic mass is 9.83. The molecular weight excluding hydrogens is 460 g/mol. The summed E-state index contributed by atoms with van der Waals surface area (Å²) in [7, 11) is 1.71. The Kier molecular flexibility index (Phi) is 7.81. The molecule has 1 amide bonds. The minimum absolute atomic E-state index is 0.0646. The lowest BCUT2D eigenvalue weighted by Crippen LogP contribution is -2.61. The molecule has 7 heteroatoms. The number of hydrogen-bond acceptors (Lipinski definition) is 5. The third kappa shape index (κ3) is 5.76. The molecule has 0 aromatic heterocycles. The minimum atomic E-state index is -0.0646. The van der Waals surface area contributed by atoms with Crippen molar-refractivity contribution in [3.8, 4) is 5.75 Å². The van der Waals surface area contributed by atoms with Crippen LogP contribution in [0, 0.1) is 5.92 Å². The van der Waals surface area contributed by atoms with Gasteiger partial charge in [0.1, 0.15) is 5.75 Å². The molecule has 1 N–H and O–H groups in total. The highest BCUT2D eigenvalue weighted by Crippen LogP contribution is 2.38. The molecule has 0 radical (unpaired) electrons. The first-order valence-corrected chi connectivity index (χ1v) is 13.4. The molecule has 2 fully saturated rings. The van der Waals surface area contributed by atoms with Gasteiger partial charge in [-0.1, -0.05) is 36.2 Å². The molecule has 2 aromatic rings. The third-order valence-electron chi connectivity index (χ3n) is 7.84. The van der Waals surface area contributed by atoms with Crippen LogP contribution in [0.2, 0.25) is 5.02 Å². The Morgan fingerprint density at radius 1 is 1.03 bits per heavy atom. The Hall–Kier alpha value is -2.28. The molecule has 188 valence electrons. The van der Waals surface area contributed by atoms with Gasteiger partial charge in [-0.25, -0.2) is 0 Å². The number of carbonyl (C=O) groups excluding carboxylic acids is 1. The van der Waals surface area contributed by atoms with Gasteiger partial charge in [0, 0.05) is 56.0 Å². The van der Waals surface area contributed by atoms with E-state index in [2.05, 4.69) is 44.3 Å². The second-order valence-corrected chi connectivity index (χ2v) is 10.6. The molecule has 0 bridgehead atoms. The number of amides is 1. The number of carbonyl (C=O) groups is 1. The number of benzene rings is 2. The van der Waals surface area contributed by atoms with Crippen LogP contribution in [0.25, 0.3) is 0 Å². The number of nitrogens with one attached hydrogen (secondary N) is 1. The van der Waals surface area contributed by atoms with Crippen molar-refractivity contribution in [1.82, 2.24) is 15.1 Å². The highest BCUT2D eigenvalue weighted by molar-refractivity contribution is 6.30. The van der Waals surface area contributed by atoms with Crippen molar-refractivity contribution < 1.29 is 9.53 Å². The summed E-state index contributed by atoms with van der Waals surface area (Å²) in [5.41, 5.74) is 3.71. The molecule has 2 atom stereocenters. The van der Waals surface area contributed by atoms with Gasteiger partial charge in [0.15, 0.2) is 0 Å². The quantitative estimate of drug-likeness (QED) is 0.631. The van der Waals surface area contributed by atoms with Gasteiger partial charge in [-0.15, -0.1) is 0 Å². The summed E-state index contributed by atoms with van der Waals surface area (Å²) >= 11 is 6.09. The van der Waals surface area contributed by atoms with E-state index < -0.39 is 0 Å². The van der Waals surface area contributed by atoms with Crippen LogP contribution in [-0.2, 0) is 17.8 Å². The van der Waals surface area contributed by atoms with Gasteiger partial charge in [0.25, 0.3) is 0 Å². The molecule has 0 aliphatic carbocycles. The number of rotatable bonds is 7. The first kappa shape index (κ1) is 24.4. The van der Waals surface area contributed by atoms with Gasteiger partial charge in [-0.05, 0) is 61.7 Å². The fourth-order valence-corrected chi connectivity index (χ4v) is 6.03. The summed E-state index contributed by atoms with van der Waals surface area (Å²) in [4.78, 5) is 20.9. The van der Waals surface area contributed by atoms with Crippen LogP contribution in [0.15, 0.2) is 42.5 Å². The van der Waals surface area contributed by atoms with Crippen LogP contribution in [0.1, 0.15) is 30.4 Å². The summed E-state index contributed by atoms with van der Waals surface area (Å²) in [6.45, 7) is 7.58. The number of piperazine rings is 1. The van der Waals surface area contributed by atoms with E-state index >= 15 is 0 Å². The standard InChI is InChI=1S/C28H37ClN4O2/c1-35-24-10-7-22-17-25(28(34)30-11-14-31-12-3-2-4-13-31)27-20-32(15-16-33(27)26(22)18-24)19-21-5-8-23(29)9-6-21/h5-10,18,25,27H,2-4,11-17,19-20H2,1H3,(H,30,34)/t25-,27+/m0/s1. The summed E-state index contributed by atoms with van der Waals surface area (Å²) < 4.78 is 5.52. The topological polar surface area (TPSA) is 48.1 Å². The second-order valence-electron chi connectivity index (χ2n) is 10.1. The van der Waals surface area contributed by atoms with E-state index in [1.54, 1.807) is 7.11 Å². The van der Waals surface area contributed by atoms with Crippen molar-refractivity contribution >= 4 is 23.2 Å². The van der Waals surface area contributed by atoms with Crippen LogP contribution in [0.4, 0.5) is 5.69 Å². The van der Waals surface area contributed by atoms with E-state index in [1.807, 2.05) is 18.2 Å². The highest BCUT2D eigenvalue weighted by Gasteiger charge is 2.41. The van der Waals surface area contributed by atoms with Crippen molar-refractivity contribution in [2.24, 2.45) is 5.92 Å². The van der Waals surface area contributed by atoms with Gasteiger partial charge in [-0.3, -0.25) is 9.69 Å². The van der Waals surface area contributed by atoms with Crippen LogP contribution >= 0.6 is 11.6 Å². The maximum absolute atomic E-state index is 13.5. The third-order valence-corrected chi connectivity index (χ3v) is 8.09. The van der Waals surface area contributed by atoms with Crippen LogP contribution in [0.5, 0.6) is 5.75 Å². The highest BCUT2D eigenvalue weighted by atomic mass is 35.5. The molecule has 6 nitrogen and oxygen atoms in total. The first-order chi connectivity index (χ1) is 17.1. The molecule has 0 unspecified atom stereocenters. The number of ether oxygens (including phenoxy) is 1. The predicted octanol–water partition coefficient (Wildman–Crippen LogP) is 3.81. The number of anilines is 1.